The first kappa shape index (κ1) is 113. The third-order valence-corrected chi connectivity index (χ3v) is 36.9. The zero-order valence-corrected chi connectivity index (χ0v) is 87.5. The number of rotatable bonds is 10. The molecule has 10 saturated carbocycles. The molecule has 12 unspecified atom stereocenters. The Labute approximate surface area is 819 Å². The van der Waals surface area contributed by atoms with Crippen molar-refractivity contribution < 1.29 is 28.3 Å². The van der Waals surface area contributed by atoms with Crippen LogP contribution in [0.25, 0.3) is 0 Å². The van der Waals surface area contributed by atoms with Crippen LogP contribution in [0.1, 0.15) is 156 Å². The molecule has 0 aromatic carbocycles. The van der Waals surface area contributed by atoms with Crippen LogP contribution in [0, 0.1) is 86.8 Å². The highest BCUT2D eigenvalue weighted by molar-refractivity contribution is 5.89. The quantitative estimate of drug-likeness (QED) is 0.105. The smallest absolute Gasteiger partial charge is 0.242 e. The highest BCUT2D eigenvalue weighted by Crippen LogP contribution is 2.54. The average Bonchev–Trinajstić information content (AvgIpc) is 1.71. The molecule has 0 radical (unpaired) electrons. The van der Waals surface area contributed by atoms with E-state index < -0.39 is 23.9 Å². The van der Waals surface area contributed by atoms with Crippen LogP contribution in [0.3, 0.4) is 0 Å². The summed E-state index contributed by atoms with van der Waals surface area (Å²) in [5.41, 5.74) is 68.6. The zero-order valence-electron chi connectivity index (χ0n) is 87.5. The number of fused-ring (bicyclic) bond motifs is 13. The SMILES string of the molecule is CN1CC2C(C1)C2NCCC#N.CN1CC2CC1C[C@@H]2N.CN1CC2CC1C[C@H]2N.CN1CC2[C@H](N)C[C@]2(C)C1.CN1CCC(F)(CN)CC1.CN1CCC2(CCC2N)CC1.CN1C[C@@H](F)[C@@H](N)C1.CN1C[C@@H]2C[C@H]1CC2N.CN1C[C@@H]2C[C@H]1C[C@@H]2N.CN1C[C@H](N)[C@@H](O)C1.CN1C[C@H]2CC1C[C@H]2N.C[C@H](N)C(=O)NC1C2CN(C)CC21.C[C@H](N)C(=O)N[C@@H](C)C(=O)N[C@H]1CN(C)CC12CC2. The number of alkyl halides is 2. The first-order chi connectivity index (χ1) is 64.0. The van der Waals surface area contributed by atoms with E-state index in [2.05, 4.69) is 159 Å². The van der Waals surface area contributed by atoms with Gasteiger partial charge >= 0.3 is 0 Å². The normalized spacial score (nSPS) is 41.7. The number of carbonyl (C=O) groups excluding carboxylic acids is 3. The molecule has 2 spiro atoms. The molecule has 136 heavy (non-hydrogen) atoms. The van der Waals surface area contributed by atoms with Gasteiger partial charge in [-0.3, -0.25) is 14.4 Å². The third kappa shape index (κ3) is 30.4. The van der Waals surface area contributed by atoms with Crippen LogP contribution in [0.15, 0.2) is 0 Å². The minimum Gasteiger partial charge on any atom is -0.390 e. The minimum atomic E-state index is -1.06. The lowest BCUT2D eigenvalue weighted by molar-refractivity contribution is -0.129. The maximum atomic E-state index is 13.3. The number of β-amino-alcohol motifs (C(OH)–C–C–N with tert-alkyl or cyclic N) is 1. The number of nitrogens with one attached hydrogen (secondary N) is 4. The van der Waals surface area contributed by atoms with Crippen LogP contribution in [-0.2, 0) is 14.4 Å². The fourth-order valence-electron chi connectivity index (χ4n) is 26.8. The maximum absolute atomic E-state index is 13.3. The van der Waals surface area contributed by atoms with Crippen molar-refractivity contribution in [2.75, 3.05) is 242 Å². The first-order valence-electron chi connectivity index (χ1n) is 53.1. The Morgan fingerprint density at radius 2 is 0.816 bits per heavy atom. The van der Waals surface area contributed by atoms with E-state index in [1.54, 1.807) is 20.8 Å². The summed E-state index contributed by atoms with van der Waals surface area (Å²) in [6.45, 7) is 30.7. The van der Waals surface area contributed by atoms with Gasteiger partial charge in [-0.05, 0) is 317 Å². The van der Waals surface area contributed by atoms with E-state index in [4.69, 9.17) is 79.2 Å². The Hall–Kier alpha value is -3.32. The number of hydrogen-bond donors (Lipinski definition) is 17. The number of likely N-dealkylation sites (N-methyl/N-ethyl adjacent to an activating group) is 3. The number of nitrogens with two attached hydrogens (primary N) is 12. The molecule has 23 rings (SSSR count). The van der Waals surface area contributed by atoms with Gasteiger partial charge in [-0.15, -0.1) is 0 Å². The molecular weight excluding hydrogens is 1720 g/mol. The predicted molar refractivity (Wildman–Crippen MR) is 544 cm³/mol. The Balaban J connectivity index is 0.000000142. The van der Waals surface area contributed by atoms with Crippen LogP contribution in [0.4, 0.5) is 8.78 Å². The van der Waals surface area contributed by atoms with Gasteiger partial charge in [0.15, 0.2) is 0 Å². The summed E-state index contributed by atoms with van der Waals surface area (Å²) in [6, 6.07) is 9.45. The molecule has 10 aliphatic carbocycles. The summed E-state index contributed by atoms with van der Waals surface area (Å²) in [5.74, 6) is 7.59. The van der Waals surface area contributed by atoms with Crippen molar-refractivity contribution in [1.82, 2.24) is 85.0 Å². The molecule has 3 amide bonds. The van der Waals surface area contributed by atoms with E-state index in [1.165, 1.54) is 181 Å². The van der Waals surface area contributed by atoms with Crippen LogP contribution in [0.5, 0.6) is 0 Å². The third-order valence-electron chi connectivity index (χ3n) is 36.9. The molecule has 0 aromatic rings. The maximum Gasteiger partial charge on any atom is 0.242 e. The second-order valence-electron chi connectivity index (χ2n) is 48.5. The largest absolute Gasteiger partial charge is 0.390 e. The number of aliphatic hydroxyl groups excluding tert-OH is 1. The summed E-state index contributed by atoms with van der Waals surface area (Å²) in [5, 5.41) is 29.5. The van der Waals surface area contributed by atoms with Gasteiger partial charge in [0.2, 0.25) is 17.7 Å². The lowest BCUT2D eigenvalue weighted by Gasteiger charge is -2.52. The molecule has 34 nitrogen and oxygen atoms in total. The second-order valence-corrected chi connectivity index (χ2v) is 48.5. The van der Waals surface area contributed by atoms with Crippen molar-refractivity contribution >= 4 is 17.7 Å². The zero-order chi connectivity index (χ0) is 99.7. The van der Waals surface area contributed by atoms with Crippen molar-refractivity contribution in [2.45, 2.75) is 295 Å². The van der Waals surface area contributed by atoms with Gasteiger partial charge in [0.25, 0.3) is 0 Å². The Bertz CT molecular complexity index is 3370. The molecule has 23 fully saturated rings. The molecule has 13 heterocycles. The molecule has 0 aromatic heterocycles. The van der Waals surface area contributed by atoms with Crippen molar-refractivity contribution in [1.29, 1.82) is 5.26 Å². The average molecular weight is 1920 g/mol. The molecule has 13 saturated heterocycles. The lowest BCUT2D eigenvalue weighted by Crippen LogP contribution is -2.55. The Morgan fingerprint density at radius 3 is 1.09 bits per heavy atom. The highest BCUT2D eigenvalue weighted by Gasteiger charge is 2.59. The molecule has 23 aliphatic rings. The van der Waals surface area contributed by atoms with E-state index in [-0.39, 0.29) is 60.0 Å². The molecule has 29 N–H and O–H groups in total. The summed E-state index contributed by atoms with van der Waals surface area (Å²) < 4.78 is 25.7. The molecule has 36 heteroatoms. The number of halogens is 2. The topological polar surface area (TPSA) is 498 Å². The number of nitriles is 1. The van der Waals surface area contributed by atoms with Gasteiger partial charge in [0.05, 0.1) is 24.3 Å². The van der Waals surface area contributed by atoms with Crippen molar-refractivity contribution in [3.8, 4) is 6.07 Å². The standard InChI is InChI=1S/C13H24N4O2.C9H17N3O.C9H15N3.C9H18N2.C8H16N2.C7H15FN2.5C7H14N2.C5H11FN2.C5H12N2O/c1-8(14)11(18)15-9(2)12(19)16-10-6-17(3)7-13(10)4-5-13;1-5(10)9(13)11-8-6-3-12(2)4-7(6)8;1-12-5-7-8(6-12)9(7)11-4-2-3-10;1-11-6-4-9(5-7-11)3-2-8(9)10;1-8-3-7(9)6(8)4-10(2)5-8;1-10-4-2-7(8,6-9)3-5-10;5*1-9-4-5-2-6(9)3-7(5)8;1-8-2-4(6)5(7)3-8;1-7-2-4(6)5(8)3-7/h8-10H,4-7,14H2,1-3H3,(H,15,18)(H,16,19);5-8H,3-4,10H2,1-2H3,(H,11,13);7-9,11H,2,4-6H2,1H3;8H,2-7,10H2,1H3;6-7H,3-5,9H2,1-2H3;2-6,9H2,1H3;5*5-7H,2-4,8H2,1H3;4-5H,2-3,7H2,1H3;4-5,8H,2-3,6H2,1H3/t8-,9-,10-;5-,6?,7?,8?;;;6?,7-,8-;;2*5?,6?,7-;5-,6?,7-;5-,6-,7?;5-,6-,7-;4-,5+;4-,5-/m00..1.1010010/s1. The number of carbonyl (C=O) groups is 3. The van der Waals surface area contributed by atoms with Crippen LogP contribution in [-0.4, -0.2) is 467 Å². The molecule has 786 valence electrons. The lowest BCUT2D eigenvalue weighted by atomic mass is 9.60. The van der Waals surface area contributed by atoms with Gasteiger partial charge < -0.3 is 159 Å². The van der Waals surface area contributed by atoms with Crippen LogP contribution in [0.2, 0.25) is 0 Å². The highest BCUT2D eigenvalue weighted by atomic mass is 19.1. The van der Waals surface area contributed by atoms with Crippen molar-refractivity contribution in [3.63, 3.8) is 0 Å². The van der Waals surface area contributed by atoms with Crippen LogP contribution < -0.4 is 90.1 Å². The van der Waals surface area contributed by atoms with Crippen molar-refractivity contribution in [3.05, 3.63) is 0 Å². The summed E-state index contributed by atoms with van der Waals surface area (Å²) >= 11 is 0. The summed E-state index contributed by atoms with van der Waals surface area (Å²) in [4.78, 5) is 64.8. The fourth-order valence-corrected chi connectivity index (χ4v) is 26.8. The van der Waals surface area contributed by atoms with E-state index in [1.807, 2.05) is 30.9 Å². The van der Waals surface area contributed by atoms with Gasteiger partial charge in [-0.2, -0.15) is 5.26 Å². The van der Waals surface area contributed by atoms with Gasteiger partial charge in [-0.25, -0.2) is 8.78 Å². The minimum absolute atomic E-state index is 0.0120. The predicted octanol–water partition coefficient (Wildman–Crippen LogP) is -2.00. The Morgan fingerprint density at radius 1 is 0.426 bits per heavy atom. The van der Waals surface area contributed by atoms with E-state index in [0.717, 1.165) is 142 Å². The van der Waals surface area contributed by atoms with E-state index >= 15 is 0 Å². The number of hydrogen-bond acceptors (Lipinski definition) is 31. The molecule has 13 aliphatic heterocycles. The Kier molecular flexibility index (Phi) is 41.3. The molecule has 10 bridgehead atoms. The van der Waals surface area contributed by atoms with Crippen LogP contribution >= 0.6 is 0 Å². The van der Waals surface area contributed by atoms with Crippen molar-refractivity contribution in [2.24, 2.45) is 144 Å². The van der Waals surface area contributed by atoms with Gasteiger partial charge in [0, 0.05) is 252 Å². The molecular formula is C100H198F2N30O4. The molecule has 31 atom stereocenters. The monoisotopic (exact) mass is 1920 g/mol. The van der Waals surface area contributed by atoms with Gasteiger partial charge in [-0.1, -0.05) is 6.92 Å². The second kappa shape index (κ2) is 49.7. The van der Waals surface area contributed by atoms with E-state index in [9.17, 15) is 23.2 Å². The van der Waals surface area contributed by atoms with Gasteiger partial charge in [0.1, 0.15) is 17.9 Å². The number of amides is 3. The number of aliphatic hydroxyl groups is 1. The van der Waals surface area contributed by atoms with E-state index in [0.29, 0.717) is 103 Å². The fraction of sp³-hybridized carbons (Fsp3) is 0.960. The summed E-state index contributed by atoms with van der Waals surface area (Å²) in [6.07, 6.45) is 22.6. The first-order valence-corrected chi connectivity index (χ1v) is 53.1. The number of piperidine rings is 9. The summed E-state index contributed by atoms with van der Waals surface area (Å²) in [7, 11) is 27.6. The number of nitrogens with zero attached hydrogens (tertiary/aromatic N) is 14. The number of likely N-dealkylation sites (tertiary alicyclic amines) is 13.